The van der Waals surface area contributed by atoms with Crippen LogP contribution in [-0.4, -0.2) is 30.0 Å². The van der Waals surface area contributed by atoms with Crippen molar-refractivity contribution in [3.05, 3.63) is 34.9 Å². The molecule has 0 aliphatic heterocycles. The van der Waals surface area contributed by atoms with Gasteiger partial charge in [-0.1, -0.05) is 36.7 Å². The Morgan fingerprint density at radius 3 is 2.89 bits per heavy atom. The minimum Gasteiger partial charge on any atom is -0.394 e. The van der Waals surface area contributed by atoms with Gasteiger partial charge in [0, 0.05) is 10.6 Å². The molecule has 5 nitrogen and oxygen atoms in total. The number of urea groups is 1. The number of aliphatic hydroxyl groups excluding tert-OH is 1. The van der Waals surface area contributed by atoms with Crippen molar-refractivity contribution in [1.82, 2.24) is 10.7 Å². The lowest BCUT2D eigenvalue weighted by atomic mass is 10.2. The molecule has 18 heavy (non-hydrogen) atoms. The monoisotopic (exact) mass is 269 g/mol. The topological polar surface area (TPSA) is 73.7 Å². The second-order valence-electron chi connectivity index (χ2n) is 3.65. The largest absolute Gasteiger partial charge is 0.394 e. The zero-order chi connectivity index (χ0) is 13.4. The van der Waals surface area contributed by atoms with E-state index >= 15 is 0 Å². The van der Waals surface area contributed by atoms with Crippen LogP contribution in [0.1, 0.15) is 18.9 Å². The van der Waals surface area contributed by atoms with E-state index in [2.05, 4.69) is 15.8 Å². The van der Waals surface area contributed by atoms with Crippen LogP contribution >= 0.6 is 11.6 Å². The molecule has 0 heterocycles. The van der Waals surface area contributed by atoms with Crippen molar-refractivity contribution in [2.75, 3.05) is 6.61 Å². The van der Waals surface area contributed by atoms with Gasteiger partial charge in [-0.25, -0.2) is 10.2 Å². The van der Waals surface area contributed by atoms with Gasteiger partial charge in [-0.2, -0.15) is 5.10 Å². The van der Waals surface area contributed by atoms with Crippen LogP contribution in [0.5, 0.6) is 0 Å². The van der Waals surface area contributed by atoms with E-state index in [1.807, 2.05) is 19.1 Å². The van der Waals surface area contributed by atoms with Gasteiger partial charge in [0.25, 0.3) is 0 Å². The quantitative estimate of drug-likeness (QED) is 0.563. The number of aliphatic hydroxyl groups is 1. The van der Waals surface area contributed by atoms with Gasteiger partial charge in [-0.15, -0.1) is 0 Å². The summed E-state index contributed by atoms with van der Waals surface area (Å²) >= 11 is 5.92. The van der Waals surface area contributed by atoms with Crippen LogP contribution in [0.25, 0.3) is 0 Å². The minimum atomic E-state index is -0.459. The summed E-state index contributed by atoms with van der Waals surface area (Å²) in [6.45, 7) is 1.77. The second-order valence-corrected chi connectivity index (χ2v) is 4.06. The highest BCUT2D eigenvalue weighted by Gasteiger charge is 2.07. The Labute approximate surface area is 111 Å². The van der Waals surface area contributed by atoms with Crippen molar-refractivity contribution in [2.24, 2.45) is 5.10 Å². The highest BCUT2D eigenvalue weighted by Crippen LogP contribution is 2.11. The van der Waals surface area contributed by atoms with Crippen molar-refractivity contribution in [3.63, 3.8) is 0 Å². The van der Waals surface area contributed by atoms with Crippen molar-refractivity contribution < 1.29 is 9.90 Å². The molecular formula is C12H16ClN3O2. The molecular weight excluding hydrogens is 254 g/mol. The normalized spacial score (nSPS) is 12.4. The average Bonchev–Trinajstić information content (AvgIpc) is 2.38. The highest BCUT2D eigenvalue weighted by atomic mass is 35.5. The Bertz CT molecular complexity index is 420. The molecule has 2 amide bonds. The first-order chi connectivity index (χ1) is 8.67. The number of nitrogens with zero attached hydrogens (tertiary/aromatic N) is 1. The fraction of sp³-hybridized carbons (Fsp3) is 0.333. The summed E-state index contributed by atoms with van der Waals surface area (Å²) in [6, 6.07) is 6.44. The molecule has 1 aromatic rings. The number of carbonyl (C=O) groups excluding carboxylic acids is 1. The SMILES string of the molecule is CCC(CO)NC(=O)NN=Cc1ccccc1Cl. The van der Waals surface area contributed by atoms with Gasteiger partial charge in [0.2, 0.25) is 0 Å². The second kappa shape index (κ2) is 7.68. The zero-order valence-corrected chi connectivity index (χ0v) is 10.8. The van der Waals surface area contributed by atoms with Gasteiger partial charge in [0.1, 0.15) is 0 Å². The van der Waals surface area contributed by atoms with Gasteiger partial charge < -0.3 is 10.4 Å². The number of hydrazone groups is 1. The van der Waals surface area contributed by atoms with Gasteiger partial charge in [0.15, 0.2) is 0 Å². The molecule has 98 valence electrons. The van der Waals surface area contributed by atoms with Crippen LogP contribution < -0.4 is 10.7 Å². The van der Waals surface area contributed by atoms with Crippen LogP contribution in [0.3, 0.4) is 0 Å². The molecule has 0 aliphatic rings. The number of hydrogen-bond donors (Lipinski definition) is 3. The first kappa shape index (κ1) is 14.5. The van der Waals surface area contributed by atoms with E-state index in [1.165, 1.54) is 6.21 Å². The Morgan fingerprint density at radius 2 is 2.28 bits per heavy atom. The predicted octanol–water partition coefficient (Wildman–Crippen LogP) is 1.74. The third kappa shape index (κ3) is 4.73. The number of amides is 2. The number of benzene rings is 1. The van der Waals surface area contributed by atoms with Gasteiger partial charge >= 0.3 is 6.03 Å². The lowest BCUT2D eigenvalue weighted by molar-refractivity contribution is 0.215. The summed E-state index contributed by atoms with van der Waals surface area (Å²) in [4.78, 5) is 11.4. The van der Waals surface area contributed by atoms with Crippen molar-refractivity contribution in [2.45, 2.75) is 19.4 Å². The summed E-state index contributed by atoms with van der Waals surface area (Å²) in [5, 5.41) is 15.8. The molecule has 0 bridgehead atoms. The third-order valence-electron chi connectivity index (χ3n) is 2.32. The van der Waals surface area contributed by atoms with Crippen LogP contribution in [0.4, 0.5) is 4.79 Å². The third-order valence-corrected chi connectivity index (χ3v) is 2.67. The van der Waals surface area contributed by atoms with Crippen LogP contribution in [0.2, 0.25) is 5.02 Å². The maximum Gasteiger partial charge on any atom is 0.335 e. The molecule has 0 saturated carbocycles. The van der Waals surface area contributed by atoms with E-state index in [1.54, 1.807) is 12.1 Å². The highest BCUT2D eigenvalue weighted by molar-refractivity contribution is 6.33. The number of nitrogens with one attached hydrogen (secondary N) is 2. The van der Waals surface area contributed by atoms with E-state index in [0.717, 1.165) is 0 Å². The molecule has 0 aromatic heterocycles. The fourth-order valence-corrected chi connectivity index (χ4v) is 1.42. The fourth-order valence-electron chi connectivity index (χ4n) is 1.23. The molecule has 0 fully saturated rings. The number of carbonyl (C=O) groups is 1. The number of hydrogen-bond acceptors (Lipinski definition) is 3. The molecule has 1 aromatic carbocycles. The molecule has 1 rings (SSSR count). The summed E-state index contributed by atoms with van der Waals surface area (Å²) in [7, 11) is 0. The van der Waals surface area contributed by atoms with E-state index in [9.17, 15) is 4.79 Å². The van der Waals surface area contributed by atoms with Gasteiger partial charge in [0.05, 0.1) is 18.9 Å². The van der Waals surface area contributed by atoms with Gasteiger partial charge in [-0.05, 0) is 12.5 Å². The summed E-state index contributed by atoms with van der Waals surface area (Å²) in [5.74, 6) is 0. The van der Waals surface area contributed by atoms with E-state index in [-0.39, 0.29) is 12.6 Å². The lowest BCUT2D eigenvalue weighted by Crippen LogP contribution is -2.41. The molecule has 0 radical (unpaired) electrons. The number of rotatable bonds is 5. The maximum atomic E-state index is 11.4. The summed E-state index contributed by atoms with van der Waals surface area (Å²) in [6.07, 6.45) is 2.11. The summed E-state index contributed by atoms with van der Waals surface area (Å²) in [5.41, 5.74) is 3.02. The van der Waals surface area contributed by atoms with E-state index in [0.29, 0.717) is 17.0 Å². The first-order valence-electron chi connectivity index (χ1n) is 5.62. The Balaban J connectivity index is 2.45. The Morgan fingerprint density at radius 1 is 1.56 bits per heavy atom. The zero-order valence-electron chi connectivity index (χ0n) is 10.1. The average molecular weight is 270 g/mol. The molecule has 1 unspecified atom stereocenters. The van der Waals surface area contributed by atoms with Crippen molar-refractivity contribution >= 4 is 23.8 Å². The van der Waals surface area contributed by atoms with Crippen molar-refractivity contribution in [3.8, 4) is 0 Å². The lowest BCUT2D eigenvalue weighted by Gasteiger charge is -2.12. The molecule has 1 atom stereocenters. The number of halogens is 1. The van der Waals surface area contributed by atoms with Crippen LogP contribution in [0, 0.1) is 0 Å². The first-order valence-corrected chi connectivity index (χ1v) is 6.00. The summed E-state index contributed by atoms with van der Waals surface area (Å²) < 4.78 is 0. The van der Waals surface area contributed by atoms with Gasteiger partial charge in [-0.3, -0.25) is 0 Å². The molecule has 0 spiro atoms. The van der Waals surface area contributed by atoms with Crippen molar-refractivity contribution in [1.29, 1.82) is 0 Å². The molecule has 6 heteroatoms. The van der Waals surface area contributed by atoms with Crippen LogP contribution in [-0.2, 0) is 0 Å². The maximum absolute atomic E-state index is 11.4. The smallest absolute Gasteiger partial charge is 0.335 e. The molecule has 0 saturated heterocycles. The molecule has 0 aliphatic carbocycles. The predicted molar refractivity (Wildman–Crippen MR) is 71.9 cm³/mol. The standard InChI is InChI=1S/C12H16ClN3O2/c1-2-10(8-17)15-12(18)16-14-7-9-5-3-4-6-11(9)13/h3-7,10,17H,2,8H2,1H3,(H2,15,16,18). The Hall–Kier alpha value is -1.59. The minimum absolute atomic E-state index is 0.0991. The van der Waals surface area contributed by atoms with E-state index < -0.39 is 6.03 Å². The molecule has 3 N–H and O–H groups in total. The van der Waals surface area contributed by atoms with E-state index in [4.69, 9.17) is 16.7 Å². The Kier molecular flexibility index (Phi) is 6.18. The van der Waals surface area contributed by atoms with Crippen LogP contribution in [0.15, 0.2) is 29.4 Å².